The molecule has 0 saturated heterocycles. The molecular formula is C34H62O11. The predicted molar refractivity (Wildman–Crippen MR) is 174 cm³/mol. The average molecular weight is 647 g/mol. The Kier molecular flexibility index (Phi) is 28.9. The van der Waals surface area contributed by atoms with E-state index >= 15 is 0 Å². The normalized spacial score (nSPS) is 11.8. The van der Waals surface area contributed by atoms with Gasteiger partial charge in [0.05, 0.1) is 126 Å². The van der Waals surface area contributed by atoms with Gasteiger partial charge in [-0.3, -0.25) is 0 Å². The Bertz CT molecular complexity index is 733. The molecule has 1 aromatic carbocycles. The lowest BCUT2D eigenvalue weighted by atomic mass is 9.80. The van der Waals surface area contributed by atoms with Gasteiger partial charge in [0.15, 0.2) is 0 Å². The summed E-state index contributed by atoms with van der Waals surface area (Å²) < 4.78 is 54.7. The molecule has 0 aromatic heterocycles. The van der Waals surface area contributed by atoms with Gasteiger partial charge < -0.3 is 52.5 Å². The minimum Gasteiger partial charge on any atom is -0.491 e. The fraction of sp³-hybridized carbons (Fsp3) is 0.824. The van der Waals surface area contributed by atoms with Crippen molar-refractivity contribution >= 4 is 0 Å². The van der Waals surface area contributed by atoms with Crippen LogP contribution in [0.25, 0.3) is 0 Å². The number of ether oxygens (including phenoxy) is 10. The topological polar surface area (TPSA) is 113 Å². The van der Waals surface area contributed by atoms with Crippen molar-refractivity contribution in [3.8, 4) is 5.75 Å². The number of hydrogen-bond donors (Lipinski definition) is 1. The summed E-state index contributed by atoms with van der Waals surface area (Å²) in [6, 6.07) is 8.47. The maximum atomic E-state index is 8.58. The summed E-state index contributed by atoms with van der Waals surface area (Å²) >= 11 is 0. The van der Waals surface area contributed by atoms with E-state index in [1.807, 2.05) is 0 Å². The molecule has 0 fully saturated rings. The van der Waals surface area contributed by atoms with Crippen molar-refractivity contribution in [2.75, 3.05) is 132 Å². The Morgan fingerprint density at radius 3 is 1.13 bits per heavy atom. The van der Waals surface area contributed by atoms with Crippen LogP contribution < -0.4 is 4.74 Å². The molecule has 0 aliphatic rings. The van der Waals surface area contributed by atoms with Crippen LogP contribution in [0.15, 0.2) is 24.3 Å². The van der Waals surface area contributed by atoms with Gasteiger partial charge in [0.25, 0.3) is 0 Å². The van der Waals surface area contributed by atoms with E-state index in [0.717, 1.165) is 5.75 Å². The molecule has 0 spiro atoms. The van der Waals surface area contributed by atoms with E-state index in [9.17, 15) is 0 Å². The summed E-state index contributed by atoms with van der Waals surface area (Å²) in [5.74, 6) is 0.872. The molecule has 0 aliphatic heterocycles. The fourth-order valence-corrected chi connectivity index (χ4v) is 4.11. The van der Waals surface area contributed by atoms with Gasteiger partial charge >= 0.3 is 0 Å². The molecule has 1 aromatic rings. The van der Waals surface area contributed by atoms with Gasteiger partial charge in [0.1, 0.15) is 12.4 Å². The van der Waals surface area contributed by atoms with E-state index in [4.69, 9.17) is 52.5 Å². The molecule has 0 radical (unpaired) electrons. The molecular weight excluding hydrogens is 584 g/mol. The second-order valence-electron chi connectivity index (χ2n) is 10.9. The van der Waals surface area contributed by atoms with Crippen LogP contribution in [0.2, 0.25) is 0 Å². The highest BCUT2D eigenvalue weighted by atomic mass is 16.6. The van der Waals surface area contributed by atoms with Crippen molar-refractivity contribution < 1.29 is 52.5 Å². The summed E-state index contributed by atoms with van der Waals surface area (Å²) in [6.45, 7) is 16.4. The van der Waals surface area contributed by atoms with E-state index in [2.05, 4.69) is 45.0 Å². The molecule has 0 atom stereocenters. The minimum atomic E-state index is 0.0275. The van der Waals surface area contributed by atoms with Gasteiger partial charge in [0.2, 0.25) is 0 Å². The number of hydrogen-bond acceptors (Lipinski definition) is 11. The van der Waals surface area contributed by atoms with Gasteiger partial charge in [0, 0.05) is 0 Å². The van der Waals surface area contributed by atoms with Crippen LogP contribution in [0.3, 0.4) is 0 Å². The molecule has 0 saturated carbocycles. The Morgan fingerprint density at radius 1 is 0.467 bits per heavy atom. The maximum Gasteiger partial charge on any atom is 0.119 e. The quantitative estimate of drug-likeness (QED) is 0.108. The van der Waals surface area contributed by atoms with Crippen molar-refractivity contribution in [2.24, 2.45) is 0 Å². The third kappa shape index (κ3) is 26.4. The average Bonchev–Trinajstić information content (AvgIpc) is 3.04. The van der Waals surface area contributed by atoms with Gasteiger partial charge in [-0.05, 0) is 29.5 Å². The lowest BCUT2D eigenvalue weighted by molar-refractivity contribution is -0.0258. The highest BCUT2D eigenvalue weighted by Gasteiger charge is 2.19. The van der Waals surface area contributed by atoms with Crippen LogP contribution in [0.1, 0.15) is 52.0 Å². The first-order chi connectivity index (χ1) is 22.1. The second-order valence-corrected chi connectivity index (χ2v) is 10.9. The first-order valence-electron chi connectivity index (χ1n) is 16.6. The summed E-state index contributed by atoms with van der Waals surface area (Å²) in [7, 11) is 0. The van der Waals surface area contributed by atoms with E-state index in [1.165, 1.54) is 31.2 Å². The SMILES string of the molecule is CCCCCC(C)(C)c1ccc(OCCOCCOCCOCCOCCOCCOCCOCCOCCOCCO)cc1. The third-order valence-electron chi connectivity index (χ3n) is 6.75. The van der Waals surface area contributed by atoms with E-state index in [-0.39, 0.29) is 12.0 Å². The molecule has 11 heteroatoms. The van der Waals surface area contributed by atoms with Crippen LogP contribution >= 0.6 is 0 Å². The van der Waals surface area contributed by atoms with Crippen molar-refractivity contribution in [3.63, 3.8) is 0 Å². The van der Waals surface area contributed by atoms with Gasteiger partial charge in [-0.1, -0.05) is 52.2 Å². The Balaban J connectivity index is 1.75. The van der Waals surface area contributed by atoms with Crippen molar-refractivity contribution in [1.82, 2.24) is 0 Å². The maximum absolute atomic E-state index is 8.58. The lowest BCUT2D eigenvalue weighted by Gasteiger charge is -2.25. The number of unbranched alkanes of at least 4 members (excludes halogenated alkanes) is 2. The first-order valence-corrected chi connectivity index (χ1v) is 16.6. The van der Waals surface area contributed by atoms with E-state index in [0.29, 0.717) is 126 Å². The highest BCUT2D eigenvalue weighted by molar-refractivity contribution is 5.31. The molecule has 11 nitrogen and oxygen atoms in total. The molecule has 0 heterocycles. The van der Waals surface area contributed by atoms with Gasteiger partial charge in [-0.15, -0.1) is 0 Å². The van der Waals surface area contributed by atoms with E-state index < -0.39 is 0 Å². The number of aliphatic hydroxyl groups is 1. The molecule has 0 unspecified atom stereocenters. The predicted octanol–water partition coefficient (Wildman–Crippen LogP) is 4.07. The summed E-state index contributed by atoms with van der Waals surface area (Å²) in [4.78, 5) is 0. The largest absolute Gasteiger partial charge is 0.491 e. The first kappa shape index (κ1) is 41.6. The molecule has 1 rings (SSSR count). The van der Waals surface area contributed by atoms with Crippen LogP contribution in [0.5, 0.6) is 5.75 Å². The van der Waals surface area contributed by atoms with Gasteiger partial charge in [-0.2, -0.15) is 0 Å². The van der Waals surface area contributed by atoms with Crippen molar-refractivity contribution in [3.05, 3.63) is 29.8 Å². The molecule has 1 N–H and O–H groups in total. The summed E-state index contributed by atoms with van der Waals surface area (Å²) in [5.41, 5.74) is 1.55. The van der Waals surface area contributed by atoms with Crippen LogP contribution in [0, 0.1) is 0 Å². The zero-order chi connectivity index (χ0) is 32.5. The smallest absolute Gasteiger partial charge is 0.119 e. The molecule has 0 aliphatic carbocycles. The molecule has 264 valence electrons. The summed E-state index contributed by atoms with van der Waals surface area (Å²) in [6.07, 6.45) is 5.01. The van der Waals surface area contributed by atoms with Gasteiger partial charge in [-0.25, -0.2) is 0 Å². The standard InChI is InChI=1S/C34H62O11/c1-4-5-6-11-34(2,3)32-7-9-33(10-8-32)45-31-30-44-29-28-43-27-26-42-25-24-41-23-22-40-21-20-39-19-18-38-17-16-37-15-14-36-13-12-35/h7-10,35H,4-6,11-31H2,1-3H3. The van der Waals surface area contributed by atoms with E-state index in [1.54, 1.807) is 0 Å². The minimum absolute atomic E-state index is 0.0275. The Hall–Kier alpha value is -1.38. The van der Waals surface area contributed by atoms with Crippen LogP contribution in [-0.4, -0.2) is 137 Å². The fourth-order valence-electron chi connectivity index (χ4n) is 4.11. The number of rotatable bonds is 35. The summed E-state index contributed by atoms with van der Waals surface area (Å²) in [5, 5.41) is 8.58. The number of benzene rings is 1. The Labute approximate surface area is 272 Å². The molecule has 0 amide bonds. The van der Waals surface area contributed by atoms with Crippen LogP contribution in [0.4, 0.5) is 0 Å². The van der Waals surface area contributed by atoms with Crippen molar-refractivity contribution in [2.45, 2.75) is 51.9 Å². The zero-order valence-corrected chi connectivity index (χ0v) is 28.3. The molecule has 45 heavy (non-hydrogen) atoms. The zero-order valence-electron chi connectivity index (χ0n) is 28.3. The third-order valence-corrected chi connectivity index (χ3v) is 6.75. The number of aliphatic hydroxyl groups excluding tert-OH is 1. The monoisotopic (exact) mass is 646 g/mol. The van der Waals surface area contributed by atoms with Crippen molar-refractivity contribution in [1.29, 1.82) is 0 Å². The second kappa shape index (κ2) is 31.2. The van der Waals surface area contributed by atoms with Crippen LogP contribution in [-0.2, 0) is 48.0 Å². The lowest BCUT2D eigenvalue weighted by Crippen LogP contribution is -2.17. The Morgan fingerprint density at radius 2 is 0.800 bits per heavy atom. The highest BCUT2D eigenvalue weighted by Crippen LogP contribution is 2.30. The molecule has 0 bridgehead atoms.